The number of hydrogen-bond acceptors (Lipinski definition) is 5. The maximum atomic E-state index is 14.4. The first kappa shape index (κ1) is 22.9. The zero-order valence-corrected chi connectivity index (χ0v) is 18.1. The van der Waals surface area contributed by atoms with Gasteiger partial charge in [0.05, 0.1) is 29.2 Å². The van der Waals surface area contributed by atoms with E-state index in [1.54, 1.807) is 12.3 Å². The summed E-state index contributed by atoms with van der Waals surface area (Å²) in [5.74, 6) is -3.62. The fourth-order valence-electron chi connectivity index (χ4n) is 4.11. The number of halogens is 3. The maximum absolute atomic E-state index is 14.4. The number of nitrogens with one attached hydrogen (secondary N) is 1. The molecule has 0 radical (unpaired) electrons. The van der Waals surface area contributed by atoms with E-state index < -0.39 is 40.2 Å². The monoisotopic (exact) mass is 456 g/mol. The summed E-state index contributed by atoms with van der Waals surface area (Å²) < 4.78 is 48.9. The summed E-state index contributed by atoms with van der Waals surface area (Å²) in [6, 6.07) is 6.87. The molecule has 0 bridgehead atoms. The number of carbonyl (C=O) groups excluding carboxylic acids is 1. The molecule has 1 amide bonds. The van der Waals surface area contributed by atoms with Crippen LogP contribution in [-0.2, 0) is 4.74 Å². The van der Waals surface area contributed by atoms with Crippen LogP contribution in [0.4, 0.5) is 18.9 Å². The number of anilines is 1. The lowest BCUT2D eigenvalue weighted by Crippen LogP contribution is -2.42. The zero-order chi connectivity index (χ0) is 23.8. The molecule has 33 heavy (non-hydrogen) atoms. The molecule has 6 nitrogen and oxygen atoms in total. The van der Waals surface area contributed by atoms with Crippen molar-refractivity contribution in [2.75, 3.05) is 5.32 Å². The fourth-order valence-corrected chi connectivity index (χ4v) is 4.11. The van der Waals surface area contributed by atoms with Crippen LogP contribution in [0.15, 0.2) is 48.8 Å². The molecule has 0 spiro atoms. The molecular formula is C24H23F3N4O2. The summed E-state index contributed by atoms with van der Waals surface area (Å²) >= 11 is 0. The summed E-state index contributed by atoms with van der Waals surface area (Å²) in [7, 11) is 0. The van der Waals surface area contributed by atoms with Gasteiger partial charge in [0, 0.05) is 17.8 Å². The van der Waals surface area contributed by atoms with Crippen LogP contribution in [0.3, 0.4) is 0 Å². The van der Waals surface area contributed by atoms with Gasteiger partial charge in [-0.25, -0.2) is 18.2 Å². The number of nitrogens with zero attached hydrogens (tertiary/aromatic N) is 2. The van der Waals surface area contributed by atoms with Gasteiger partial charge in [-0.2, -0.15) is 0 Å². The average Bonchev–Trinajstić information content (AvgIpc) is 2.73. The molecule has 9 heteroatoms. The van der Waals surface area contributed by atoms with E-state index in [1.165, 1.54) is 6.20 Å². The van der Waals surface area contributed by atoms with Gasteiger partial charge in [-0.15, -0.1) is 0 Å². The van der Waals surface area contributed by atoms with Crippen LogP contribution in [0.2, 0.25) is 0 Å². The fraction of sp³-hybridized carbons (Fsp3) is 0.292. The predicted octanol–water partition coefficient (Wildman–Crippen LogP) is 4.77. The van der Waals surface area contributed by atoms with Gasteiger partial charge in [-0.3, -0.25) is 9.78 Å². The van der Waals surface area contributed by atoms with Gasteiger partial charge in [0.1, 0.15) is 28.8 Å². The number of nitrogens with two attached hydrogens (primary N) is 1. The van der Waals surface area contributed by atoms with E-state index in [0.29, 0.717) is 24.1 Å². The lowest BCUT2D eigenvalue weighted by atomic mass is 9.88. The van der Waals surface area contributed by atoms with Crippen molar-refractivity contribution in [1.82, 2.24) is 9.97 Å². The summed E-state index contributed by atoms with van der Waals surface area (Å²) in [5.41, 5.74) is 5.37. The smallest absolute Gasteiger partial charge is 0.274 e. The van der Waals surface area contributed by atoms with E-state index >= 15 is 0 Å². The summed E-state index contributed by atoms with van der Waals surface area (Å²) in [6.45, 7) is 3.90. The van der Waals surface area contributed by atoms with E-state index in [-0.39, 0.29) is 17.8 Å². The molecule has 1 fully saturated rings. The minimum Gasteiger partial charge on any atom is -0.367 e. The standard InChI is InChI=1S/C24H23F3N4O2/c1-24(2)11-13(28)10-20(33-24)14-8-9-29-12-19(14)31-23(32)18-7-6-17(27)22(30-18)21-15(25)4-3-5-16(21)26/h3-9,12-13,20H,10-11,28H2,1-2H3,(H,31,32)/t13-,20+/m1/s1. The van der Waals surface area contributed by atoms with Crippen molar-refractivity contribution in [1.29, 1.82) is 0 Å². The molecule has 2 atom stereocenters. The quantitative estimate of drug-likeness (QED) is 0.590. The summed E-state index contributed by atoms with van der Waals surface area (Å²) in [4.78, 5) is 20.9. The molecule has 4 rings (SSSR count). The maximum Gasteiger partial charge on any atom is 0.274 e. The lowest BCUT2D eigenvalue weighted by molar-refractivity contribution is -0.114. The van der Waals surface area contributed by atoms with Gasteiger partial charge in [-0.1, -0.05) is 6.07 Å². The highest BCUT2D eigenvalue weighted by Gasteiger charge is 2.35. The summed E-state index contributed by atoms with van der Waals surface area (Å²) in [5, 5.41) is 2.70. The topological polar surface area (TPSA) is 90.1 Å². The van der Waals surface area contributed by atoms with Crippen LogP contribution >= 0.6 is 0 Å². The minimum absolute atomic E-state index is 0.0764. The first-order valence-electron chi connectivity index (χ1n) is 10.4. The molecule has 3 N–H and O–H groups in total. The van der Waals surface area contributed by atoms with Gasteiger partial charge >= 0.3 is 0 Å². The van der Waals surface area contributed by atoms with E-state index in [0.717, 1.165) is 30.3 Å². The molecule has 3 heterocycles. The predicted molar refractivity (Wildman–Crippen MR) is 117 cm³/mol. The van der Waals surface area contributed by atoms with Crippen molar-refractivity contribution >= 4 is 11.6 Å². The number of pyridine rings is 2. The number of benzene rings is 1. The number of hydrogen-bond donors (Lipinski definition) is 2. The highest BCUT2D eigenvalue weighted by molar-refractivity contribution is 6.03. The second kappa shape index (κ2) is 8.92. The van der Waals surface area contributed by atoms with Crippen molar-refractivity contribution in [3.05, 3.63) is 77.5 Å². The molecular weight excluding hydrogens is 433 g/mol. The summed E-state index contributed by atoms with van der Waals surface area (Å²) in [6.07, 6.45) is 3.93. The highest BCUT2D eigenvalue weighted by atomic mass is 19.1. The Morgan fingerprint density at radius 3 is 2.55 bits per heavy atom. The Balaban J connectivity index is 1.64. The number of ether oxygens (including phenoxy) is 1. The largest absolute Gasteiger partial charge is 0.367 e. The third kappa shape index (κ3) is 4.89. The first-order chi connectivity index (χ1) is 15.6. The first-order valence-corrected chi connectivity index (χ1v) is 10.4. The van der Waals surface area contributed by atoms with Crippen LogP contribution < -0.4 is 11.1 Å². The molecule has 1 aromatic carbocycles. The van der Waals surface area contributed by atoms with E-state index in [4.69, 9.17) is 10.5 Å². The van der Waals surface area contributed by atoms with Gasteiger partial charge < -0.3 is 15.8 Å². The lowest BCUT2D eigenvalue weighted by Gasteiger charge is -2.40. The Labute approximate surface area is 189 Å². The molecule has 0 saturated carbocycles. The van der Waals surface area contributed by atoms with Crippen LogP contribution in [-0.4, -0.2) is 27.5 Å². The van der Waals surface area contributed by atoms with E-state index in [9.17, 15) is 18.0 Å². The van der Waals surface area contributed by atoms with Crippen LogP contribution in [0.5, 0.6) is 0 Å². The number of rotatable bonds is 4. The Kier molecular flexibility index (Phi) is 6.18. The highest BCUT2D eigenvalue weighted by Crippen LogP contribution is 2.38. The second-order valence-electron chi connectivity index (χ2n) is 8.61. The Bertz CT molecular complexity index is 1180. The molecule has 1 aliphatic heterocycles. The van der Waals surface area contributed by atoms with Gasteiger partial charge in [0.25, 0.3) is 5.91 Å². The van der Waals surface area contributed by atoms with E-state index in [2.05, 4.69) is 15.3 Å². The third-order valence-corrected chi connectivity index (χ3v) is 5.46. The molecule has 0 aliphatic carbocycles. The number of aromatic nitrogens is 2. The van der Waals surface area contributed by atoms with Crippen molar-refractivity contribution in [2.45, 2.75) is 44.4 Å². The molecule has 172 valence electrons. The van der Waals surface area contributed by atoms with Crippen molar-refractivity contribution in [2.24, 2.45) is 5.73 Å². The second-order valence-corrected chi connectivity index (χ2v) is 8.61. The van der Waals surface area contributed by atoms with Crippen LogP contribution in [0, 0.1) is 17.5 Å². The molecule has 1 aliphatic rings. The van der Waals surface area contributed by atoms with Gasteiger partial charge in [0.15, 0.2) is 0 Å². The molecule has 1 saturated heterocycles. The SMILES string of the molecule is CC1(C)C[C@H](N)C[C@@H](c2ccncc2NC(=O)c2ccc(F)c(-c3c(F)cccc3F)n2)O1. The van der Waals surface area contributed by atoms with Crippen LogP contribution in [0.25, 0.3) is 11.3 Å². The van der Waals surface area contributed by atoms with Crippen molar-refractivity contribution < 1.29 is 22.7 Å². The Morgan fingerprint density at radius 2 is 1.85 bits per heavy atom. The van der Waals surface area contributed by atoms with Crippen molar-refractivity contribution in [3.8, 4) is 11.3 Å². The van der Waals surface area contributed by atoms with Crippen molar-refractivity contribution in [3.63, 3.8) is 0 Å². The minimum atomic E-state index is -0.984. The number of amides is 1. The molecule has 2 aromatic heterocycles. The third-order valence-electron chi connectivity index (χ3n) is 5.46. The number of carbonyl (C=O) groups is 1. The van der Waals surface area contributed by atoms with E-state index in [1.807, 2.05) is 13.8 Å². The molecule has 3 aromatic rings. The Morgan fingerprint density at radius 1 is 1.12 bits per heavy atom. The zero-order valence-electron chi connectivity index (χ0n) is 18.1. The molecule has 0 unspecified atom stereocenters. The van der Waals surface area contributed by atoms with Gasteiger partial charge in [-0.05, 0) is 57.0 Å². The normalized spacial score (nSPS) is 19.8. The Hall–Kier alpha value is -3.30. The average molecular weight is 456 g/mol. The van der Waals surface area contributed by atoms with Gasteiger partial charge in [0.2, 0.25) is 0 Å². The van der Waals surface area contributed by atoms with Crippen LogP contribution in [0.1, 0.15) is 48.8 Å².